The van der Waals surface area contributed by atoms with Crippen molar-refractivity contribution in [3.8, 4) is 0 Å². The van der Waals surface area contributed by atoms with Crippen LogP contribution in [-0.4, -0.2) is 26.0 Å². The number of rotatable bonds is 7. The summed E-state index contributed by atoms with van der Waals surface area (Å²) in [7, 11) is 1.93. The highest BCUT2D eigenvalue weighted by atomic mass is 16.2. The average Bonchev–Trinajstić information content (AvgIpc) is 2.53. The van der Waals surface area contributed by atoms with Crippen molar-refractivity contribution >= 4 is 11.6 Å². The van der Waals surface area contributed by atoms with E-state index in [-0.39, 0.29) is 5.91 Å². The Balaban J connectivity index is 1.66. The van der Waals surface area contributed by atoms with Gasteiger partial charge >= 0.3 is 0 Å². The van der Waals surface area contributed by atoms with Gasteiger partial charge in [0.25, 0.3) is 0 Å². The molecule has 0 spiro atoms. The van der Waals surface area contributed by atoms with Gasteiger partial charge in [-0.1, -0.05) is 48.5 Å². The maximum atomic E-state index is 11.9. The Bertz CT molecular complexity index is 540. The number of carbonyl (C=O) groups is 1. The number of benzene rings is 2. The van der Waals surface area contributed by atoms with Crippen molar-refractivity contribution in [2.45, 2.75) is 12.8 Å². The fraction of sp³-hybridized carbons (Fsp3) is 0.278. The summed E-state index contributed by atoms with van der Waals surface area (Å²) in [5, 5.41) is 2.97. The highest BCUT2D eigenvalue weighted by molar-refractivity contribution is 5.81. The number of hydrogen-bond acceptors (Lipinski definition) is 2. The van der Waals surface area contributed by atoms with Gasteiger partial charge in [-0.2, -0.15) is 0 Å². The zero-order chi connectivity index (χ0) is 14.9. The lowest BCUT2D eigenvalue weighted by Crippen LogP contribution is -2.35. The SMILES string of the molecule is CN(CC(=O)NCCCc1ccccc1)c1ccccc1. The number of hydrogen-bond donors (Lipinski definition) is 1. The van der Waals surface area contributed by atoms with Gasteiger partial charge in [-0.3, -0.25) is 4.79 Å². The molecule has 0 radical (unpaired) electrons. The molecule has 0 atom stereocenters. The Kier molecular flexibility index (Phi) is 5.83. The Morgan fingerprint density at radius 3 is 2.29 bits per heavy atom. The second-order valence-electron chi connectivity index (χ2n) is 5.13. The van der Waals surface area contributed by atoms with Crippen LogP contribution in [0.2, 0.25) is 0 Å². The molecule has 0 aliphatic rings. The number of nitrogens with zero attached hydrogens (tertiary/aromatic N) is 1. The molecule has 3 heteroatoms. The van der Waals surface area contributed by atoms with Gasteiger partial charge in [-0.15, -0.1) is 0 Å². The highest BCUT2D eigenvalue weighted by Crippen LogP contribution is 2.10. The Morgan fingerprint density at radius 1 is 1.00 bits per heavy atom. The third kappa shape index (κ3) is 5.30. The molecule has 0 heterocycles. The number of para-hydroxylation sites is 1. The molecule has 21 heavy (non-hydrogen) atoms. The van der Waals surface area contributed by atoms with Crippen LogP contribution in [0.1, 0.15) is 12.0 Å². The van der Waals surface area contributed by atoms with E-state index in [2.05, 4.69) is 17.4 Å². The molecular formula is C18H22N2O. The van der Waals surface area contributed by atoms with Crippen molar-refractivity contribution in [1.82, 2.24) is 5.32 Å². The number of likely N-dealkylation sites (N-methyl/N-ethyl adjacent to an activating group) is 1. The molecule has 0 fully saturated rings. The van der Waals surface area contributed by atoms with E-state index in [1.54, 1.807) is 0 Å². The minimum atomic E-state index is 0.0643. The minimum absolute atomic E-state index is 0.0643. The van der Waals surface area contributed by atoms with E-state index >= 15 is 0 Å². The third-order valence-electron chi connectivity index (χ3n) is 3.38. The van der Waals surface area contributed by atoms with Crippen LogP contribution in [0.4, 0.5) is 5.69 Å². The predicted octanol–water partition coefficient (Wildman–Crippen LogP) is 2.87. The highest BCUT2D eigenvalue weighted by Gasteiger charge is 2.06. The second-order valence-corrected chi connectivity index (χ2v) is 5.13. The lowest BCUT2D eigenvalue weighted by atomic mass is 10.1. The molecule has 0 aliphatic heterocycles. The first-order valence-electron chi connectivity index (χ1n) is 7.32. The van der Waals surface area contributed by atoms with Crippen LogP contribution in [0.5, 0.6) is 0 Å². The van der Waals surface area contributed by atoms with E-state index in [0.29, 0.717) is 6.54 Å². The van der Waals surface area contributed by atoms with Crippen molar-refractivity contribution in [2.75, 3.05) is 25.0 Å². The summed E-state index contributed by atoms with van der Waals surface area (Å²) in [6.07, 6.45) is 1.96. The number of carbonyl (C=O) groups excluding carboxylic acids is 1. The van der Waals surface area contributed by atoms with Gasteiger partial charge in [-0.05, 0) is 30.5 Å². The summed E-state index contributed by atoms with van der Waals surface area (Å²) in [6.45, 7) is 1.10. The Hall–Kier alpha value is -2.29. The average molecular weight is 282 g/mol. The Labute approximate surface area is 126 Å². The van der Waals surface area contributed by atoms with Gasteiger partial charge in [0.15, 0.2) is 0 Å². The summed E-state index contributed by atoms with van der Waals surface area (Å²) in [4.78, 5) is 13.8. The Morgan fingerprint density at radius 2 is 1.62 bits per heavy atom. The molecule has 2 aromatic rings. The van der Waals surface area contributed by atoms with Crippen molar-refractivity contribution in [2.24, 2.45) is 0 Å². The largest absolute Gasteiger partial charge is 0.365 e. The van der Waals surface area contributed by atoms with Crippen LogP contribution in [-0.2, 0) is 11.2 Å². The van der Waals surface area contributed by atoms with Gasteiger partial charge < -0.3 is 10.2 Å². The van der Waals surface area contributed by atoms with E-state index in [1.807, 2.05) is 60.5 Å². The van der Waals surface area contributed by atoms with Crippen molar-refractivity contribution in [3.63, 3.8) is 0 Å². The summed E-state index contributed by atoms with van der Waals surface area (Å²) >= 11 is 0. The molecule has 3 nitrogen and oxygen atoms in total. The van der Waals surface area contributed by atoms with Crippen molar-refractivity contribution in [1.29, 1.82) is 0 Å². The van der Waals surface area contributed by atoms with Crippen LogP contribution < -0.4 is 10.2 Å². The molecule has 0 aliphatic carbocycles. The lowest BCUT2D eigenvalue weighted by molar-refractivity contribution is -0.119. The molecule has 0 saturated heterocycles. The van der Waals surface area contributed by atoms with Gasteiger partial charge in [0.05, 0.1) is 6.54 Å². The summed E-state index contributed by atoms with van der Waals surface area (Å²) in [5.74, 6) is 0.0643. The van der Waals surface area contributed by atoms with Crippen LogP contribution in [0, 0.1) is 0 Å². The fourth-order valence-electron chi connectivity index (χ4n) is 2.21. The molecule has 0 bridgehead atoms. The van der Waals surface area contributed by atoms with Gasteiger partial charge in [0, 0.05) is 19.3 Å². The minimum Gasteiger partial charge on any atom is -0.365 e. The quantitative estimate of drug-likeness (QED) is 0.792. The van der Waals surface area contributed by atoms with Crippen molar-refractivity contribution < 1.29 is 4.79 Å². The molecule has 2 aromatic carbocycles. The normalized spacial score (nSPS) is 10.1. The maximum Gasteiger partial charge on any atom is 0.239 e. The van der Waals surface area contributed by atoms with E-state index in [9.17, 15) is 4.79 Å². The van der Waals surface area contributed by atoms with Gasteiger partial charge in [0.2, 0.25) is 5.91 Å². The topological polar surface area (TPSA) is 32.3 Å². The molecule has 1 amide bonds. The lowest BCUT2D eigenvalue weighted by Gasteiger charge is -2.18. The second kappa shape index (κ2) is 8.10. The zero-order valence-electron chi connectivity index (χ0n) is 12.5. The smallest absolute Gasteiger partial charge is 0.239 e. The summed E-state index contributed by atoms with van der Waals surface area (Å²) in [5.41, 5.74) is 2.37. The first kappa shape index (κ1) is 15.1. The molecule has 0 unspecified atom stereocenters. The van der Waals surface area contributed by atoms with E-state index in [1.165, 1.54) is 5.56 Å². The van der Waals surface area contributed by atoms with E-state index in [0.717, 1.165) is 25.1 Å². The van der Waals surface area contributed by atoms with Gasteiger partial charge in [0.1, 0.15) is 0 Å². The first-order valence-corrected chi connectivity index (χ1v) is 7.32. The number of aryl methyl sites for hydroxylation is 1. The van der Waals surface area contributed by atoms with Crippen molar-refractivity contribution in [3.05, 3.63) is 66.2 Å². The molecule has 2 rings (SSSR count). The van der Waals surface area contributed by atoms with Crippen LogP contribution in [0.15, 0.2) is 60.7 Å². The standard InChI is InChI=1S/C18H22N2O/c1-20(17-12-6-3-7-13-17)15-18(21)19-14-8-11-16-9-4-2-5-10-16/h2-7,9-10,12-13H,8,11,14-15H2,1H3,(H,19,21). The van der Waals surface area contributed by atoms with E-state index < -0.39 is 0 Å². The summed E-state index contributed by atoms with van der Waals surface area (Å²) in [6, 6.07) is 20.3. The van der Waals surface area contributed by atoms with Crippen LogP contribution in [0.25, 0.3) is 0 Å². The number of anilines is 1. The molecule has 0 saturated carbocycles. The van der Waals surface area contributed by atoms with E-state index in [4.69, 9.17) is 0 Å². The fourth-order valence-corrected chi connectivity index (χ4v) is 2.21. The molecule has 110 valence electrons. The van der Waals surface area contributed by atoms with Crippen LogP contribution in [0.3, 0.4) is 0 Å². The maximum absolute atomic E-state index is 11.9. The van der Waals surface area contributed by atoms with Crippen LogP contribution >= 0.6 is 0 Å². The predicted molar refractivity (Wildman–Crippen MR) is 87.5 cm³/mol. The van der Waals surface area contributed by atoms with Gasteiger partial charge in [-0.25, -0.2) is 0 Å². The third-order valence-corrected chi connectivity index (χ3v) is 3.38. The first-order chi connectivity index (χ1) is 10.3. The number of amides is 1. The molecule has 1 N–H and O–H groups in total. The molecule has 0 aromatic heterocycles. The number of nitrogens with one attached hydrogen (secondary N) is 1. The monoisotopic (exact) mass is 282 g/mol. The molecular weight excluding hydrogens is 260 g/mol. The summed E-state index contributed by atoms with van der Waals surface area (Å²) < 4.78 is 0. The zero-order valence-corrected chi connectivity index (χ0v) is 12.5.